The first-order valence-corrected chi connectivity index (χ1v) is 4.49. The lowest BCUT2D eigenvalue weighted by Gasteiger charge is -1.91. The summed E-state index contributed by atoms with van der Waals surface area (Å²) in [5.41, 5.74) is 0.645. The van der Waals surface area contributed by atoms with E-state index < -0.39 is 16.0 Å². The topological polar surface area (TPSA) is 47.3 Å². The highest BCUT2D eigenvalue weighted by Gasteiger charge is 2.13. The molecule has 0 saturated heterocycles. The van der Waals surface area contributed by atoms with E-state index in [4.69, 9.17) is 4.42 Å². The van der Waals surface area contributed by atoms with Crippen LogP contribution in [0.25, 0.3) is 0 Å². The molecule has 1 rings (SSSR count). The molecular formula is C6H7FO3S. The minimum absolute atomic E-state index is 0.160. The third-order valence-electron chi connectivity index (χ3n) is 1.27. The number of hydrogen-bond acceptors (Lipinski definition) is 3. The Morgan fingerprint density at radius 2 is 2.27 bits per heavy atom. The van der Waals surface area contributed by atoms with Crippen molar-refractivity contribution in [3.05, 3.63) is 23.7 Å². The second-order valence-electron chi connectivity index (χ2n) is 2.21. The van der Waals surface area contributed by atoms with Crippen LogP contribution < -0.4 is 0 Å². The second-order valence-corrected chi connectivity index (χ2v) is 3.58. The fourth-order valence-corrected chi connectivity index (χ4v) is 1.32. The average molecular weight is 178 g/mol. The predicted octanol–water partition coefficient (Wildman–Crippen LogP) is 1.39. The van der Waals surface area contributed by atoms with Gasteiger partial charge >= 0.3 is 10.2 Å². The van der Waals surface area contributed by atoms with E-state index in [1.807, 2.05) is 0 Å². The first-order valence-electron chi connectivity index (χ1n) is 2.94. The Balaban J connectivity index is 2.89. The van der Waals surface area contributed by atoms with Gasteiger partial charge in [0.2, 0.25) is 0 Å². The molecule has 0 atom stereocenters. The van der Waals surface area contributed by atoms with Crippen molar-refractivity contribution in [1.29, 1.82) is 0 Å². The van der Waals surface area contributed by atoms with Crippen LogP contribution in [0.1, 0.15) is 11.3 Å². The van der Waals surface area contributed by atoms with Crippen molar-refractivity contribution in [1.82, 2.24) is 0 Å². The van der Waals surface area contributed by atoms with E-state index in [0.717, 1.165) is 0 Å². The van der Waals surface area contributed by atoms with Gasteiger partial charge in [-0.25, -0.2) is 0 Å². The summed E-state index contributed by atoms with van der Waals surface area (Å²) in [5, 5.41) is 0. The molecule has 0 fully saturated rings. The van der Waals surface area contributed by atoms with Crippen LogP contribution >= 0.6 is 0 Å². The van der Waals surface area contributed by atoms with E-state index in [9.17, 15) is 12.3 Å². The summed E-state index contributed by atoms with van der Waals surface area (Å²) >= 11 is 0. The molecule has 0 radical (unpaired) electrons. The lowest BCUT2D eigenvalue weighted by Crippen LogP contribution is -1.95. The molecule has 11 heavy (non-hydrogen) atoms. The molecule has 1 aromatic heterocycles. The number of halogens is 1. The van der Waals surface area contributed by atoms with Crippen LogP contribution in [0.4, 0.5) is 3.89 Å². The van der Waals surface area contributed by atoms with Gasteiger partial charge in [0, 0.05) is 0 Å². The van der Waals surface area contributed by atoms with E-state index in [2.05, 4.69) is 0 Å². The SMILES string of the molecule is Cc1ccoc1CS(=O)(=O)F. The zero-order valence-corrected chi connectivity index (χ0v) is 6.69. The molecule has 62 valence electrons. The summed E-state index contributed by atoms with van der Waals surface area (Å²) in [6, 6.07) is 1.58. The predicted molar refractivity (Wildman–Crippen MR) is 37.2 cm³/mol. The highest BCUT2D eigenvalue weighted by atomic mass is 32.3. The molecular weight excluding hydrogens is 171 g/mol. The Bertz CT molecular complexity index is 338. The molecule has 0 aliphatic carbocycles. The first kappa shape index (κ1) is 8.26. The van der Waals surface area contributed by atoms with Gasteiger partial charge in [-0.1, -0.05) is 0 Å². The third kappa shape index (κ3) is 2.34. The van der Waals surface area contributed by atoms with Gasteiger partial charge in [-0.3, -0.25) is 0 Å². The number of aryl methyl sites for hydroxylation is 1. The number of rotatable bonds is 2. The monoisotopic (exact) mass is 178 g/mol. The Morgan fingerprint density at radius 3 is 2.64 bits per heavy atom. The van der Waals surface area contributed by atoms with Crippen molar-refractivity contribution >= 4 is 10.2 Å². The highest BCUT2D eigenvalue weighted by Crippen LogP contribution is 2.13. The summed E-state index contributed by atoms with van der Waals surface area (Å²) in [6.07, 6.45) is 1.33. The van der Waals surface area contributed by atoms with Gasteiger partial charge in [-0.15, -0.1) is 3.89 Å². The molecule has 0 spiro atoms. The van der Waals surface area contributed by atoms with Crippen LogP contribution in [0, 0.1) is 6.92 Å². The normalized spacial score (nSPS) is 11.8. The molecule has 0 bridgehead atoms. The van der Waals surface area contributed by atoms with Crippen LogP contribution in [0.5, 0.6) is 0 Å². The van der Waals surface area contributed by atoms with E-state index in [0.29, 0.717) is 5.56 Å². The van der Waals surface area contributed by atoms with Gasteiger partial charge in [0.1, 0.15) is 11.5 Å². The lowest BCUT2D eigenvalue weighted by atomic mass is 10.3. The van der Waals surface area contributed by atoms with Crippen molar-refractivity contribution in [2.24, 2.45) is 0 Å². The Labute approximate surface area is 64.0 Å². The smallest absolute Gasteiger partial charge is 0.309 e. The number of hydrogen-bond donors (Lipinski definition) is 0. The minimum atomic E-state index is -4.46. The molecule has 1 heterocycles. The van der Waals surface area contributed by atoms with Gasteiger partial charge in [0.15, 0.2) is 0 Å². The highest BCUT2D eigenvalue weighted by molar-refractivity contribution is 7.85. The molecule has 0 unspecified atom stereocenters. The maximum absolute atomic E-state index is 12.0. The molecule has 0 N–H and O–H groups in total. The summed E-state index contributed by atoms with van der Waals surface area (Å²) in [5.74, 6) is -0.515. The van der Waals surface area contributed by atoms with Crippen LogP contribution in [0.15, 0.2) is 16.7 Å². The largest absolute Gasteiger partial charge is 0.468 e. The van der Waals surface area contributed by atoms with Crippen LogP contribution in [0.2, 0.25) is 0 Å². The summed E-state index contributed by atoms with van der Waals surface area (Å²) in [4.78, 5) is 0. The van der Waals surface area contributed by atoms with Gasteiger partial charge < -0.3 is 4.42 Å². The van der Waals surface area contributed by atoms with E-state index in [-0.39, 0.29) is 5.76 Å². The zero-order valence-electron chi connectivity index (χ0n) is 5.87. The summed E-state index contributed by atoms with van der Waals surface area (Å²) in [7, 11) is -4.46. The van der Waals surface area contributed by atoms with E-state index in [1.54, 1.807) is 13.0 Å². The van der Waals surface area contributed by atoms with E-state index in [1.165, 1.54) is 6.26 Å². The molecule has 0 aliphatic heterocycles. The Kier molecular flexibility index (Phi) is 1.99. The number of furan rings is 1. The molecule has 0 aliphatic rings. The summed E-state index contributed by atoms with van der Waals surface area (Å²) in [6.45, 7) is 1.66. The molecule has 0 amide bonds. The quantitative estimate of drug-likeness (QED) is 0.643. The van der Waals surface area contributed by atoms with Crippen molar-refractivity contribution in [3.63, 3.8) is 0 Å². The van der Waals surface area contributed by atoms with Gasteiger partial charge in [0.25, 0.3) is 0 Å². The maximum atomic E-state index is 12.0. The molecule has 5 heteroatoms. The fraction of sp³-hybridized carbons (Fsp3) is 0.333. The van der Waals surface area contributed by atoms with Crippen molar-refractivity contribution in [3.8, 4) is 0 Å². The van der Waals surface area contributed by atoms with Crippen LogP contribution in [0.3, 0.4) is 0 Å². The second kappa shape index (κ2) is 2.65. The molecule has 0 saturated carbocycles. The van der Waals surface area contributed by atoms with Crippen LogP contribution in [-0.4, -0.2) is 8.42 Å². The van der Waals surface area contributed by atoms with Crippen molar-refractivity contribution < 1.29 is 16.7 Å². The van der Waals surface area contributed by atoms with Gasteiger partial charge in [-0.05, 0) is 18.6 Å². The van der Waals surface area contributed by atoms with Gasteiger partial charge in [-0.2, -0.15) is 8.42 Å². The molecule has 1 aromatic rings. The minimum Gasteiger partial charge on any atom is -0.468 e. The van der Waals surface area contributed by atoms with Crippen molar-refractivity contribution in [2.75, 3.05) is 0 Å². The fourth-order valence-electron chi connectivity index (χ4n) is 0.709. The maximum Gasteiger partial charge on any atom is 0.309 e. The van der Waals surface area contributed by atoms with Crippen LogP contribution in [-0.2, 0) is 16.0 Å². The third-order valence-corrected chi connectivity index (χ3v) is 1.88. The van der Waals surface area contributed by atoms with E-state index >= 15 is 0 Å². The lowest BCUT2D eigenvalue weighted by molar-refractivity contribution is 0.506. The zero-order chi connectivity index (χ0) is 8.48. The summed E-state index contributed by atoms with van der Waals surface area (Å²) < 4.78 is 37.0. The first-order chi connectivity index (χ1) is 4.99. The Morgan fingerprint density at radius 1 is 1.64 bits per heavy atom. The Hall–Kier alpha value is -0.840. The van der Waals surface area contributed by atoms with Gasteiger partial charge in [0.05, 0.1) is 6.26 Å². The molecule has 0 aromatic carbocycles. The average Bonchev–Trinajstić information content (AvgIpc) is 2.12. The standard InChI is InChI=1S/C6H7FO3S/c1-5-2-3-10-6(5)4-11(7,8)9/h2-3H,4H2,1H3. The molecule has 3 nitrogen and oxygen atoms in total. The van der Waals surface area contributed by atoms with Crippen molar-refractivity contribution in [2.45, 2.75) is 12.7 Å².